The Labute approximate surface area is 109 Å². The van der Waals surface area contributed by atoms with Crippen LogP contribution < -0.4 is 5.73 Å². The summed E-state index contributed by atoms with van der Waals surface area (Å²) in [4.78, 5) is 14.9. The summed E-state index contributed by atoms with van der Waals surface area (Å²) >= 11 is 3.30. The highest BCUT2D eigenvalue weighted by Crippen LogP contribution is 2.29. The second-order valence-corrected chi connectivity index (χ2v) is 4.57. The molecule has 0 aliphatic rings. The monoisotopic (exact) mass is 307 g/mol. The summed E-state index contributed by atoms with van der Waals surface area (Å²) in [6.45, 7) is 0. The fourth-order valence-corrected chi connectivity index (χ4v) is 2.08. The summed E-state index contributed by atoms with van der Waals surface area (Å²) in [6.07, 6.45) is 1.47. The molecule has 7 heteroatoms. The number of nitrogens with one attached hydrogen (secondary N) is 1. The number of hydrogen-bond acceptors (Lipinski definition) is 4. The van der Waals surface area contributed by atoms with Crippen LogP contribution in [0.3, 0.4) is 0 Å². The minimum Gasteiger partial charge on any atom is -0.368 e. The maximum atomic E-state index is 13.9. The molecule has 0 radical (unpaired) electrons. The summed E-state index contributed by atoms with van der Waals surface area (Å²) in [6, 6.07) is 4.62. The van der Waals surface area contributed by atoms with Crippen molar-refractivity contribution in [2.45, 2.75) is 0 Å². The Morgan fingerprint density at radius 1 is 1.28 bits per heavy atom. The van der Waals surface area contributed by atoms with Crippen molar-refractivity contribution < 1.29 is 4.39 Å². The van der Waals surface area contributed by atoms with Gasteiger partial charge in [0.25, 0.3) is 0 Å². The Kier molecular flexibility index (Phi) is 2.48. The highest BCUT2D eigenvalue weighted by atomic mass is 79.9. The van der Waals surface area contributed by atoms with E-state index in [0.717, 1.165) is 4.47 Å². The number of rotatable bonds is 1. The quantitative estimate of drug-likeness (QED) is 0.724. The van der Waals surface area contributed by atoms with Gasteiger partial charge in [0, 0.05) is 10.0 Å². The smallest absolute Gasteiger partial charge is 0.222 e. The molecule has 90 valence electrons. The maximum absolute atomic E-state index is 13.9. The average molecular weight is 308 g/mol. The first-order chi connectivity index (χ1) is 8.65. The lowest BCUT2D eigenvalue weighted by Crippen LogP contribution is -1.99. The van der Waals surface area contributed by atoms with E-state index < -0.39 is 0 Å². The zero-order valence-electron chi connectivity index (χ0n) is 8.98. The van der Waals surface area contributed by atoms with Crippen LogP contribution >= 0.6 is 15.9 Å². The summed E-state index contributed by atoms with van der Waals surface area (Å²) < 4.78 is 14.6. The fourth-order valence-electron chi connectivity index (χ4n) is 1.72. The first-order valence-corrected chi connectivity index (χ1v) is 5.86. The van der Waals surface area contributed by atoms with Gasteiger partial charge in [0.2, 0.25) is 5.95 Å². The topological polar surface area (TPSA) is 80.5 Å². The molecule has 0 bridgehead atoms. The Hall–Kier alpha value is -2.02. The average Bonchev–Trinajstić information content (AvgIpc) is 2.79. The maximum Gasteiger partial charge on any atom is 0.222 e. The number of fused-ring (bicyclic) bond motifs is 1. The van der Waals surface area contributed by atoms with E-state index in [-0.39, 0.29) is 11.8 Å². The normalized spacial score (nSPS) is 11.0. The van der Waals surface area contributed by atoms with E-state index in [2.05, 4.69) is 35.9 Å². The minimum atomic E-state index is -0.382. The van der Waals surface area contributed by atoms with E-state index in [4.69, 9.17) is 5.73 Å². The van der Waals surface area contributed by atoms with Crippen LogP contribution in [0.15, 0.2) is 29.0 Å². The van der Waals surface area contributed by atoms with Crippen molar-refractivity contribution in [3.8, 4) is 11.3 Å². The summed E-state index contributed by atoms with van der Waals surface area (Å²) in [5.41, 5.74) is 7.31. The zero-order valence-corrected chi connectivity index (χ0v) is 10.6. The SMILES string of the molecule is Nc1nc(-c2cc(Br)ccc2F)c2[nH]cnc2n1. The number of benzene rings is 1. The third-order valence-corrected chi connectivity index (χ3v) is 2.98. The van der Waals surface area contributed by atoms with Gasteiger partial charge in [-0.25, -0.2) is 14.4 Å². The lowest BCUT2D eigenvalue weighted by atomic mass is 10.1. The third-order valence-electron chi connectivity index (χ3n) is 2.49. The van der Waals surface area contributed by atoms with Crippen molar-refractivity contribution in [3.63, 3.8) is 0 Å². The third kappa shape index (κ3) is 1.72. The molecule has 0 aliphatic heterocycles. The molecular formula is C11H7BrFN5. The largest absolute Gasteiger partial charge is 0.368 e. The van der Waals surface area contributed by atoms with Crippen molar-refractivity contribution in [2.75, 3.05) is 5.73 Å². The van der Waals surface area contributed by atoms with E-state index in [1.54, 1.807) is 12.1 Å². The minimum absolute atomic E-state index is 0.0592. The molecule has 3 rings (SSSR count). The molecule has 3 N–H and O–H groups in total. The Morgan fingerprint density at radius 3 is 2.94 bits per heavy atom. The highest BCUT2D eigenvalue weighted by molar-refractivity contribution is 9.10. The van der Waals surface area contributed by atoms with Gasteiger partial charge in [-0.3, -0.25) is 0 Å². The number of aromatic amines is 1. The van der Waals surface area contributed by atoms with Crippen LogP contribution in [0.4, 0.5) is 10.3 Å². The fraction of sp³-hybridized carbons (Fsp3) is 0. The molecule has 2 heterocycles. The summed E-state index contributed by atoms with van der Waals surface area (Å²) in [7, 11) is 0. The number of halogens is 2. The van der Waals surface area contributed by atoms with Crippen molar-refractivity contribution in [3.05, 3.63) is 34.8 Å². The van der Waals surface area contributed by atoms with Crippen molar-refractivity contribution in [2.24, 2.45) is 0 Å². The lowest BCUT2D eigenvalue weighted by Gasteiger charge is -2.05. The van der Waals surface area contributed by atoms with Crippen LogP contribution in [0.25, 0.3) is 22.4 Å². The first kappa shape index (κ1) is 11.1. The number of nitrogens with two attached hydrogens (primary N) is 1. The predicted octanol–water partition coefficient (Wildman–Crippen LogP) is 2.50. The van der Waals surface area contributed by atoms with E-state index in [1.165, 1.54) is 12.4 Å². The molecule has 0 fully saturated rings. The van der Waals surface area contributed by atoms with E-state index in [1.807, 2.05) is 0 Å². The van der Waals surface area contributed by atoms with Gasteiger partial charge in [-0.15, -0.1) is 0 Å². The van der Waals surface area contributed by atoms with Crippen molar-refractivity contribution in [1.82, 2.24) is 19.9 Å². The first-order valence-electron chi connectivity index (χ1n) is 5.07. The zero-order chi connectivity index (χ0) is 12.7. The number of nitrogens with zero attached hydrogens (tertiary/aromatic N) is 3. The molecule has 0 spiro atoms. The van der Waals surface area contributed by atoms with Crippen molar-refractivity contribution in [1.29, 1.82) is 0 Å². The van der Waals surface area contributed by atoms with Gasteiger partial charge in [-0.05, 0) is 18.2 Å². The molecule has 0 saturated heterocycles. The molecular weight excluding hydrogens is 301 g/mol. The molecule has 5 nitrogen and oxygen atoms in total. The van der Waals surface area contributed by atoms with Gasteiger partial charge in [0.1, 0.15) is 17.0 Å². The number of hydrogen-bond donors (Lipinski definition) is 2. The molecule has 0 aliphatic carbocycles. The Balaban J connectivity index is 2.37. The van der Waals surface area contributed by atoms with Crippen LogP contribution in [0.2, 0.25) is 0 Å². The summed E-state index contributed by atoms with van der Waals surface area (Å²) in [5.74, 6) is -0.323. The Bertz CT molecular complexity index is 739. The molecule has 2 aromatic heterocycles. The van der Waals surface area contributed by atoms with Crippen LogP contribution in [0, 0.1) is 5.82 Å². The van der Waals surface area contributed by atoms with Crippen LogP contribution in [0.5, 0.6) is 0 Å². The molecule has 0 unspecified atom stereocenters. The highest BCUT2D eigenvalue weighted by Gasteiger charge is 2.14. The number of H-pyrrole nitrogens is 1. The number of nitrogen functional groups attached to an aromatic ring is 1. The molecule has 0 atom stereocenters. The van der Waals surface area contributed by atoms with Crippen LogP contribution in [0.1, 0.15) is 0 Å². The second-order valence-electron chi connectivity index (χ2n) is 3.66. The predicted molar refractivity (Wildman–Crippen MR) is 69.2 cm³/mol. The Morgan fingerprint density at radius 2 is 2.11 bits per heavy atom. The molecule has 1 aromatic carbocycles. The van der Waals surface area contributed by atoms with Gasteiger partial charge in [0.05, 0.1) is 6.33 Å². The number of anilines is 1. The summed E-state index contributed by atoms with van der Waals surface area (Å²) in [5, 5.41) is 0. The molecule has 18 heavy (non-hydrogen) atoms. The van der Waals surface area contributed by atoms with E-state index in [0.29, 0.717) is 22.4 Å². The van der Waals surface area contributed by atoms with E-state index in [9.17, 15) is 4.39 Å². The standard InChI is InChI=1S/C11H7BrFN5/c12-5-1-2-7(13)6(3-5)8-9-10(16-4-15-9)18-11(14)17-8/h1-4H,(H3,14,15,16,17,18). The van der Waals surface area contributed by atoms with Gasteiger partial charge in [-0.2, -0.15) is 4.98 Å². The van der Waals surface area contributed by atoms with Gasteiger partial charge in [0.15, 0.2) is 5.65 Å². The van der Waals surface area contributed by atoms with Gasteiger partial charge in [-0.1, -0.05) is 15.9 Å². The van der Waals surface area contributed by atoms with Crippen molar-refractivity contribution >= 4 is 33.0 Å². The van der Waals surface area contributed by atoms with Crippen LogP contribution in [-0.2, 0) is 0 Å². The van der Waals surface area contributed by atoms with Gasteiger partial charge >= 0.3 is 0 Å². The van der Waals surface area contributed by atoms with Crippen LogP contribution in [-0.4, -0.2) is 19.9 Å². The van der Waals surface area contributed by atoms with Gasteiger partial charge < -0.3 is 10.7 Å². The lowest BCUT2D eigenvalue weighted by molar-refractivity contribution is 0.630. The number of aromatic nitrogens is 4. The second kappa shape index (κ2) is 4.02. The molecule has 0 amide bonds. The molecule has 0 saturated carbocycles. The van der Waals surface area contributed by atoms with E-state index >= 15 is 0 Å². The number of imidazole rings is 1. The molecule has 3 aromatic rings.